The monoisotopic (exact) mass is 267 g/mol. The van der Waals surface area contributed by atoms with E-state index in [1.165, 1.54) is 12.8 Å². The second kappa shape index (κ2) is 5.80. The van der Waals surface area contributed by atoms with Crippen molar-refractivity contribution in [1.29, 1.82) is 0 Å². The van der Waals surface area contributed by atoms with E-state index in [9.17, 15) is 4.79 Å². The zero-order valence-corrected chi connectivity index (χ0v) is 11.9. The van der Waals surface area contributed by atoms with E-state index in [2.05, 4.69) is 21.0 Å². The molecular weight excluding hydrogens is 246 g/mol. The second-order valence-electron chi connectivity index (χ2n) is 4.98. The number of amides is 1. The normalized spacial score (nSPS) is 17.9. The van der Waals surface area contributed by atoms with Crippen molar-refractivity contribution in [2.75, 3.05) is 13.6 Å². The maximum absolute atomic E-state index is 12.0. The minimum absolute atomic E-state index is 0.124. The van der Waals surface area contributed by atoms with Gasteiger partial charge in [0.05, 0.1) is 5.54 Å². The van der Waals surface area contributed by atoms with Crippen LogP contribution in [0.2, 0.25) is 0 Å². The molecule has 1 amide bonds. The van der Waals surface area contributed by atoms with Gasteiger partial charge in [-0.3, -0.25) is 4.79 Å². The maximum Gasteiger partial charge on any atom is 0.222 e. The first-order chi connectivity index (χ1) is 8.66. The fourth-order valence-corrected chi connectivity index (χ4v) is 3.52. The second-order valence-corrected chi connectivity index (χ2v) is 5.84. The van der Waals surface area contributed by atoms with Crippen molar-refractivity contribution >= 4 is 17.2 Å². The van der Waals surface area contributed by atoms with Crippen LogP contribution in [0.5, 0.6) is 0 Å². The van der Waals surface area contributed by atoms with Gasteiger partial charge >= 0.3 is 0 Å². The maximum atomic E-state index is 12.0. The lowest BCUT2D eigenvalue weighted by molar-refractivity contribution is -0.123. The molecule has 1 aromatic rings. The smallest absolute Gasteiger partial charge is 0.222 e. The van der Waals surface area contributed by atoms with Crippen LogP contribution >= 0.6 is 11.3 Å². The largest absolute Gasteiger partial charge is 0.344 e. The fraction of sp³-hybridized carbons (Fsp3) is 0.692. The van der Waals surface area contributed by atoms with Gasteiger partial charge in [-0.25, -0.2) is 4.98 Å². The van der Waals surface area contributed by atoms with Crippen molar-refractivity contribution in [1.82, 2.24) is 15.6 Å². The Morgan fingerprint density at radius 2 is 2.22 bits per heavy atom. The van der Waals surface area contributed by atoms with Gasteiger partial charge in [-0.05, 0) is 26.8 Å². The molecule has 5 heteroatoms. The summed E-state index contributed by atoms with van der Waals surface area (Å²) in [5.74, 6) is 0.124. The molecule has 0 saturated heterocycles. The third-order valence-corrected chi connectivity index (χ3v) is 4.63. The summed E-state index contributed by atoms with van der Waals surface area (Å²) in [6.07, 6.45) is 4.91. The molecular formula is C13H21N3OS. The van der Waals surface area contributed by atoms with Crippen LogP contribution in [0.4, 0.5) is 0 Å². The molecule has 18 heavy (non-hydrogen) atoms. The zero-order chi connectivity index (χ0) is 13.0. The van der Waals surface area contributed by atoms with Crippen molar-refractivity contribution in [2.24, 2.45) is 0 Å². The minimum Gasteiger partial charge on any atom is -0.344 e. The van der Waals surface area contributed by atoms with E-state index in [0.717, 1.165) is 30.1 Å². The molecule has 2 rings (SSSR count). The van der Waals surface area contributed by atoms with Crippen molar-refractivity contribution in [3.63, 3.8) is 0 Å². The molecule has 0 radical (unpaired) electrons. The van der Waals surface area contributed by atoms with Crippen molar-refractivity contribution in [2.45, 2.75) is 44.6 Å². The Balaban J connectivity index is 2.10. The Kier molecular flexibility index (Phi) is 4.35. The first-order valence-corrected chi connectivity index (χ1v) is 7.42. The quantitative estimate of drug-likeness (QED) is 0.857. The number of nitrogens with one attached hydrogen (secondary N) is 2. The average molecular weight is 267 g/mol. The number of aromatic nitrogens is 1. The molecule has 1 aromatic heterocycles. The lowest BCUT2D eigenvalue weighted by Gasteiger charge is -2.28. The summed E-state index contributed by atoms with van der Waals surface area (Å²) in [7, 11) is 1.86. The lowest BCUT2D eigenvalue weighted by Crippen LogP contribution is -2.44. The van der Waals surface area contributed by atoms with Crippen LogP contribution in [0.25, 0.3) is 0 Å². The van der Waals surface area contributed by atoms with Crippen molar-refractivity contribution < 1.29 is 4.79 Å². The van der Waals surface area contributed by atoms with Gasteiger partial charge < -0.3 is 10.6 Å². The number of carbonyl (C=O) groups excluding carboxylic acids is 1. The molecule has 1 aliphatic rings. The topological polar surface area (TPSA) is 54.0 Å². The highest BCUT2D eigenvalue weighted by Gasteiger charge is 2.39. The van der Waals surface area contributed by atoms with Crippen LogP contribution in [0.1, 0.15) is 42.8 Å². The molecule has 1 fully saturated rings. The molecule has 0 aliphatic heterocycles. The minimum atomic E-state index is -0.191. The van der Waals surface area contributed by atoms with Crippen LogP contribution in [0.3, 0.4) is 0 Å². The number of nitrogens with zero attached hydrogens (tertiary/aromatic N) is 1. The molecule has 1 heterocycles. The van der Waals surface area contributed by atoms with Gasteiger partial charge in [-0.1, -0.05) is 12.8 Å². The molecule has 0 spiro atoms. The molecule has 0 bridgehead atoms. The van der Waals surface area contributed by atoms with Gasteiger partial charge in [0.1, 0.15) is 5.01 Å². The van der Waals surface area contributed by atoms with Crippen LogP contribution in [-0.2, 0) is 10.3 Å². The van der Waals surface area contributed by atoms with E-state index in [1.807, 2.05) is 14.0 Å². The number of hydrogen-bond donors (Lipinski definition) is 2. The van der Waals surface area contributed by atoms with Gasteiger partial charge in [0, 0.05) is 24.0 Å². The molecule has 0 atom stereocenters. The van der Waals surface area contributed by atoms with Crippen LogP contribution in [0, 0.1) is 6.92 Å². The molecule has 1 aliphatic carbocycles. The lowest BCUT2D eigenvalue weighted by atomic mass is 9.98. The van der Waals surface area contributed by atoms with Gasteiger partial charge in [-0.2, -0.15) is 0 Å². The first-order valence-electron chi connectivity index (χ1n) is 6.54. The predicted molar refractivity (Wildman–Crippen MR) is 73.7 cm³/mol. The molecule has 100 valence electrons. The van der Waals surface area contributed by atoms with E-state index in [4.69, 9.17) is 0 Å². The number of rotatable bonds is 5. The summed E-state index contributed by atoms with van der Waals surface area (Å²) in [5.41, 5.74) is 0.856. The highest BCUT2D eigenvalue weighted by atomic mass is 32.1. The molecule has 1 saturated carbocycles. The predicted octanol–water partition coefficient (Wildman–Crippen LogP) is 1.95. The average Bonchev–Trinajstić information content (AvgIpc) is 2.96. The summed E-state index contributed by atoms with van der Waals surface area (Å²) in [6, 6.07) is 0. The Bertz CT molecular complexity index is 410. The van der Waals surface area contributed by atoms with E-state index < -0.39 is 0 Å². The summed E-state index contributed by atoms with van der Waals surface area (Å²) in [6.45, 7) is 2.73. The highest BCUT2D eigenvalue weighted by Crippen LogP contribution is 2.40. The van der Waals surface area contributed by atoms with E-state index >= 15 is 0 Å². The highest BCUT2D eigenvalue weighted by molar-refractivity contribution is 7.09. The summed E-state index contributed by atoms with van der Waals surface area (Å²) in [4.78, 5) is 16.6. The van der Waals surface area contributed by atoms with Gasteiger partial charge in [0.25, 0.3) is 0 Å². The number of thiazole rings is 1. The van der Waals surface area contributed by atoms with Crippen LogP contribution in [-0.4, -0.2) is 24.5 Å². The zero-order valence-electron chi connectivity index (χ0n) is 11.1. The van der Waals surface area contributed by atoms with Gasteiger partial charge in [0.15, 0.2) is 0 Å². The Morgan fingerprint density at radius 3 is 2.78 bits per heavy atom. The molecule has 0 unspecified atom stereocenters. The fourth-order valence-electron chi connectivity index (χ4n) is 2.51. The van der Waals surface area contributed by atoms with Crippen LogP contribution < -0.4 is 10.6 Å². The Hall–Kier alpha value is -0.940. The number of aryl methyl sites for hydroxylation is 1. The summed E-state index contributed by atoms with van der Waals surface area (Å²) < 4.78 is 0. The third kappa shape index (κ3) is 2.90. The SMILES string of the molecule is CNCCC(=O)NC1(c2nc(C)cs2)CCCC1. The summed E-state index contributed by atoms with van der Waals surface area (Å²) in [5, 5.41) is 9.38. The Labute approximate surface area is 112 Å². The van der Waals surface area contributed by atoms with Crippen molar-refractivity contribution in [3.8, 4) is 0 Å². The standard InChI is InChI=1S/C13H21N3OS/c1-10-9-18-12(15-10)13(6-3-4-7-13)16-11(17)5-8-14-2/h9,14H,3-8H2,1-2H3,(H,16,17). The molecule has 4 nitrogen and oxygen atoms in total. The third-order valence-electron chi connectivity index (χ3n) is 3.47. The van der Waals surface area contributed by atoms with E-state index in [-0.39, 0.29) is 11.4 Å². The van der Waals surface area contributed by atoms with Crippen LogP contribution in [0.15, 0.2) is 5.38 Å². The van der Waals surface area contributed by atoms with E-state index in [1.54, 1.807) is 11.3 Å². The Morgan fingerprint density at radius 1 is 1.50 bits per heavy atom. The molecule has 0 aromatic carbocycles. The van der Waals surface area contributed by atoms with Gasteiger partial charge in [0.2, 0.25) is 5.91 Å². The first kappa shape index (κ1) is 13.5. The van der Waals surface area contributed by atoms with Gasteiger partial charge in [-0.15, -0.1) is 11.3 Å². The summed E-state index contributed by atoms with van der Waals surface area (Å²) >= 11 is 1.67. The van der Waals surface area contributed by atoms with E-state index in [0.29, 0.717) is 6.42 Å². The number of carbonyl (C=O) groups is 1. The number of hydrogen-bond acceptors (Lipinski definition) is 4. The molecule has 2 N–H and O–H groups in total. The van der Waals surface area contributed by atoms with Crippen molar-refractivity contribution in [3.05, 3.63) is 16.1 Å².